The molecule has 7 heteroatoms. The van der Waals surface area contributed by atoms with Crippen LogP contribution in [0.25, 0.3) is 0 Å². The van der Waals surface area contributed by atoms with Crippen molar-refractivity contribution in [1.29, 1.82) is 0 Å². The van der Waals surface area contributed by atoms with Crippen LogP contribution in [0.1, 0.15) is 7.43 Å². The van der Waals surface area contributed by atoms with Crippen molar-refractivity contribution in [2.45, 2.75) is 7.43 Å². The second kappa shape index (κ2) is 77.8. The molecule has 0 saturated heterocycles. The first-order chi connectivity index (χ1) is 0. The topological polar surface area (TPSA) is 0 Å². The minimum Gasteiger partial charge on any atom is -0.0776 e. The predicted molar refractivity (Wildman–Crippen MR) is 12.5 cm³/mol. The van der Waals surface area contributed by atoms with Gasteiger partial charge in [0.25, 0.3) is 0 Å². The Hall–Kier alpha value is 3.48. The maximum absolute atomic E-state index is 0. The molecule has 0 nitrogen and oxygen atoms in total. The molecule has 0 aromatic rings. The van der Waals surface area contributed by atoms with Gasteiger partial charge in [0.15, 0.2) is 0 Å². The quantitative estimate of drug-likeness (QED) is 0.412. The van der Waals surface area contributed by atoms with Crippen molar-refractivity contribution in [2.24, 2.45) is 0 Å². The fourth-order valence-electron chi connectivity index (χ4n) is 0. The fourth-order valence-corrected chi connectivity index (χ4v) is 0. The Morgan fingerprint density at radius 1 is 1.00 bits per heavy atom. The Kier molecular flexibility index (Phi) is 1010. The molecule has 0 aromatic heterocycles. The third-order valence-corrected chi connectivity index (χ3v) is 0. The van der Waals surface area contributed by atoms with Gasteiger partial charge in [0.05, 0.1) is 0 Å². The Morgan fingerprint density at radius 3 is 1.00 bits per heavy atom. The van der Waals surface area contributed by atoms with Gasteiger partial charge in [-0.2, -0.15) is 0 Å². The monoisotopic (exact) mass is 508 g/mol. The minimum absolute atomic E-state index is 0. The van der Waals surface area contributed by atoms with Gasteiger partial charge < -0.3 is 0 Å². The maximum Gasteiger partial charge on any atom is 0 e. The molecule has 0 aliphatic rings. The molecule has 0 unspecified atom stereocenters. The molecule has 0 amide bonds. The molecule has 0 aromatic carbocycles. The van der Waals surface area contributed by atoms with Crippen LogP contribution in [-0.2, 0) is 106 Å². The third kappa shape index (κ3) is 56.3. The summed E-state index contributed by atoms with van der Waals surface area (Å²) in [6.07, 6.45) is 0. The van der Waals surface area contributed by atoms with Crippen LogP contribution in [0.3, 0.4) is 0 Å². The summed E-state index contributed by atoms with van der Waals surface area (Å²) in [7, 11) is 0. The van der Waals surface area contributed by atoms with Gasteiger partial charge in [-0.05, 0) is 0 Å². The van der Waals surface area contributed by atoms with Gasteiger partial charge in [0.2, 0.25) is 0 Å². The van der Waals surface area contributed by atoms with E-state index in [9.17, 15) is 0 Å². The van der Waals surface area contributed by atoms with Gasteiger partial charge in [0, 0.05) is 117 Å². The zero-order chi connectivity index (χ0) is 0. The molecule has 6 radical (unpaired) electrons. The second-order valence-electron chi connectivity index (χ2n) is 0. The number of rotatable bonds is 0. The van der Waals surface area contributed by atoms with Crippen LogP contribution in [0, 0.1) is 0 Å². The molecule has 0 rings (SSSR count). The van der Waals surface area contributed by atoms with Gasteiger partial charge in [-0.3, -0.25) is 0 Å². The van der Waals surface area contributed by atoms with Crippen LogP contribution in [0.4, 0.5) is 0 Å². The van der Waals surface area contributed by atoms with E-state index in [2.05, 4.69) is 0 Å². The number of hydrogen-bond donors (Lipinski definition) is 0. The summed E-state index contributed by atoms with van der Waals surface area (Å²) in [5, 5.41) is 0. The largest absolute Gasteiger partial charge is 0.0776 e. The average molecular weight is 508 g/mol. The second-order valence-corrected chi connectivity index (χ2v) is 0. The molecule has 58 valence electrons. The Morgan fingerprint density at radius 2 is 1.00 bits per heavy atom. The first kappa shape index (κ1) is 104. The zero-order valence-electron chi connectivity index (χ0n) is 2.70. The molecule has 8 heavy (non-hydrogen) atoms. The Labute approximate surface area is 122 Å². The Balaban J connectivity index is 0. The average Bonchev–Trinajstić information content (AvgIpc) is 0. The summed E-state index contributed by atoms with van der Waals surface area (Å²) < 4.78 is 0. The van der Waals surface area contributed by atoms with E-state index in [0.717, 1.165) is 0 Å². The molecule has 0 bridgehead atoms. The Bertz CT molecular complexity index is 24.0. The standard InChI is InChI=1S/CH4.Co.Cr.Fe.Mn.Ni.Si.W/h1H4;;;;;;;. The number of hydrogen-bond acceptors (Lipinski definition) is 0. The van der Waals surface area contributed by atoms with Gasteiger partial charge in [-0.15, -0.1) is 0 Å². The summed E-state index contributed by atoms with van der Waals surface area (Å²) in [5.41, 5.74) is 0. The molecule has 0 N–H and O–H groups in total. The summed E-state index contributed by atoms with van der Waals surface area (Å²) in [6.45, 7) is 0. The van der Waals surface area contributed by atoms with Gasteiger partial charge in [0.1, 0.15) is 0 Å². The van der Waals surface area contributed by atoms with Crippen molar-refractivity contribution < 1.29 is 106 Å². The summed E-state index contributed by atoms with van der Waals surface area (Å²) in [4.78, 5) is 0. The molecule has 0 heterocycles. The van der Waals surface area contributed by atoms with E-state index in [4.69, 9.17) is 0 Å². The summed E-state index contributed by atoms with van der Waals surface area (Å²) in [6, 6.07) is 0. The predicted octanol–water partition coefficient (Wildman–Crippen LogP) is 0.240. The zero-order valence-corrected chi connectivity index (χ0v) is 12.2. The van der Waals surface area contributed by atoms with E-state index in [1.807, 2.05) is 0 Å². The van der Waals surface area contributed by atoms with E-state index in [-0.39, 0.29) is 124 Å². The van der Waals surface area contributed by atoms with Crippen LogP contribution in [0.15, 0.2) is 0 Å². The van der Waals surface area contributed by atoms with E-state index >= 15 is 0 Å². The molecular weight excluding hydrogens is 504 g/mol. The van der Waals surface area contributed by atoms with Crippen molar-refractivity contribution in [3.05, 3.63) is 0 Å². The SMILES string of the molecule is C.[Co].[Cr].[Fe].[Mn].[Ni].[Si].[W]. The van der Waals surface area contributed by atoms with Crippen molar-refractivity contribution in [3.63, 3.8) is 0 Å². The summed E-state index contributed by atoms with van der Waals surface area (Å²) >= 11 is 0. The molecule has 0 saturated carbocycles. The van der Waals surface area contributed by atoms with E-state index in [0.29, 0.717) is 0 Å². The molecule has 0 aliphatic heterocycles. The van der Waals surface area contributed by atoms with Crippen molar-refractivity contribution in [2.75, 3.05) is 0 Å². The first-order valence-corrected chi connectivity index (χ1v) is 0. The molecular formula is CH4CoCrFeMnNiSiW. The molecule has 0 atom stereocenters. The van der Waals surface area contributed by atoms with Gasteiger partial charge in [-0.1, -0.05) is 7.43 Å². The van der Waals surface area contributed by atoms with Crippen molar-refractivity contribution >= 4 is 11.0 Å². The maximum atomic E-state index is 0. The van der Waals surface area contributed by atoms with Crippen LogP contribution in [-0.4, -0.2) is 11.0 Å². The van der Waals surface area contributed by atoms with E-state index in [1.165, 1.54) is 0 Å². The molecule has 0 aliphatic carbocycles. The van der Waals surface area contributed by atoms with Crippen molar-refractivity contribution in [1.82, 2.24) is 0 Å². The van der Waals surface area contributed by atoms with E-state index < -0.39 is 0 Å². The van der Waals surface area contributed by atoms with Crippen LogP contribution >= 0.6 is 0 Å². The third-order valence-electron chi connectivity index (χ3n) is 0. The van der Waals surface area contributed by atoms with Crippen LogP contribution in [0.2, 0.25) is 0 Å². The van der Waals surface area contributed by atoms with Crippen LogP contribution in [0.5, 0.6) is 0 Å². The minimum atomic E-state index is 0. The molecule has 0 fully saturated rings. The fraction of sp³-hybridized carbons (Fsp3) is 1.00. The van der Waals surface area contributed by atoms with E-state index in [1.54, 1.807) is 0 Å². The molecule has 0 spiro atoms. The summed E-state index contributed by atoms with van der Waals surface area (Å²) in [5.74, 6) is 0. The smallest absolute Gasteiger partial charge is 0 e. The van der Waals surface area contributed by atoms with Gasteiger partial charge >= 0.3 is 0 Å². The first-order valence-electron chi connectivity index (χ1n) is 0. The van der Waals surface area contributed by atoms with Crippen molar-refractivity contribution in [3.8, 4) is 0 Å². The normalized spacial score (nSPS) is 0. The van der Waals surface area contributed by atoms with Gasteiger partial charge in [-0.25, -0.2) is 0 Å². The van der Waals surface area contributed by atoms with Crippen LogP contribution < -0.4 is 0 Å².